The van der Waals surface area contributed by atoms with Gasteiger partial charge in [-0.1, -0.05) is 68.1 Å². The lowest BCUT2D eigenvalue weighted by Gasteiger charge is -2.26. The van der Waals surface area contributed by atoms with Gasteiger partial charge in [0, 0.05) is 65.2 Å². The van der Waals surface area contributed by atoms with E-state index in [1.807, 2.05) is 30.3 Å². The van der Waals surface area contributed by atoms with E-state index >= 15 is 0 Å². The maximum atomic E-state index is 6.74. The van der Waals surface area contributed by atoms with Gasteiger partial charge in [-0.2, -0.15) is 0 Å². The zero-order valence-corrected chi connectivity index (χ0v) is 32.9. The maximum absolute atomic E-state index is 6.74. The summed E-state index contributed by atoms with van der Waals surface area (Å²) in [6.45, 7) is 0. The molecule has 0 amide bonds. The molecule has 0 aliphatic heterocycles. The lowest BCUT2D eigenvalue weighted by Crippen LogP contribution is -2.09. The average molecular weight is 808 g/mol. The number of furan rings is 1. The first kappa shape index (κ1) is 34.7. The Labute approximate surface area is 352 Å². The Morgan fingerprint density at radius 1 is 0.383 bits per heavy atom. The predicted molar refractivity (Wildman–Crippen MR) is 255 cm³/mol. The van der Waals surface area contributed by atoms with Crippen molar-refractivity contribution < 1.29 is 8.83 Å². The summed E-state index contributed by atoms with van der Waals surface area (Å²) in [5, 5.41) is 10.4. The summed E-state index contributed by atoms with van der Waals surface area (Å²) in [4.78, 5) is 12.0. The molecule has 0 radical (unpaired) electrons. The Morgan fingerprint density at radius 2 is 1.05 bits per heavy atom. The number of fused-ring (bicyclic) bond motifs is 10. The second-order valence-electron chi connectivity index (χ2n) is 15.0. The number of nitrogens with zero attached hydrogens (tertiary/aromatic N) is 3. The van der Waals surface area contributed by atoms with Crippen LogP contribution >= 0.6 is 22.7 Å². The number of anilines is 3. The van der Waals surface area contributed by atoms with Crippen molar-refractivity contribution in [3.8, 4) is 22.0 Å². The number of aromatic nitrogens is 2. The van der Waals surface area contributed by atoms with E-state index in [1.165, 1.54) is 46.4 Å². The van der Waals surface area contributed by atoms with Gasteiger partial charge in [0.15, 0.2) is 5.58 Å². The molecule has 0 N–H and O–H groups in total. The van der Waals surface area contributed by atoms with E-state index in [1.54, 1.807) is 22.7 Å². The van der Waals surface area contributed by atoms with Gasteiger partial charge in [-0.25, -0.2) is 9.97 Å². The van der Waals surface area contributed by atoms with Gasteiger partial charge in [-0.05, 0) is 131 Å². The van der Waals surface area contributed by atoms with Gasteiger partial charge < -0.3 is 13.7 Å². The monoisotopic (exact) mass is 807 g/mol. The van der Waals surface area contributed by atoms with Gasteiger partial charge in [-0.3, -0.25) is 0 Å². The molecule has 0 saturated heterocycles. The minimum absolute atomic E-state index is 0. The van der Waals surface area contributed by atoms with Gasteiger partial charge in [-0.15, -0.1) is 22.7 Å². The third kappa shape index (κ3) is 5.51. The van der Waals surface area contributed by atoms with Crippen molar-refractivity contribution in [2.75, 3.05) is 4.90 Å². The standard InChI is InChI=1S/C52H29N3O2S2.CH4/c1-2-8-32-24-35-25-37(19-15-33(35)23-31(32)7-1)55(36-17-13-30(14-18-36)52-54-44-10-4-6-12-48(44)59-52)38-20-22-39-41-29-50-42(28-47(41)56-46(39)27-38)40-21-16-34(26-49(40)58-50)51-53-43-9-3-5-11-45(43)57-51;/h1-29H;1H4. The molecule has 0 spiro atoms. The zero-order chi connectivity index (χ0) is 38.6. The molecule has 0 bridgehead atoms. The largest absolute Gasteiger partial charge is 0.456 e. The number of hydrogen-bond acceptors (Lipinski definition) is 7. The Kier molecular flexibility index (Phi) is 7.73. The summed E-state index contributed by atoms with van der Waals surface area (Å²) in [6, 6.07) is 62.4. The summed E-state index contributed by atoms with van der Waals surface area (Å²) in [7, 11) is 0. The van der Waals surface area contributed by atoms with Crippen LogP contribution in [0.1, 0.15) is 7.43 Å². The second kappa shape index (κ2) is 13.4. The Morgan fingerprint density at radius 3 is 1.90 bits per heavy atom. The van der Waals surface area contributed by atoms with E-state index in [-0.39, 0.29) is 7.43 Å². The molecule has 4 heterocycles. The molecule has 7 heteroatoms. The molecule has 0 saturated carbocycles. The van der Waals surface area contributed by atoms with Crippen LogP contribution in [-0.4, -0.2) is 9.97 Å². The molecule has 13 rings (SSSR count). The van der Waals surface area contributed by atoms with E-state index in [2.05, 4.69) is 150 Å². The van der Waals surface area contributed by atoms with E-state index in [4.69, 9.17) is 18.8 Å². The number of hydrogen-bond donors (Lipinski definition) is 0. The minimum Gasteiger partial charge on any atom is -0.456 e. The molecule has 60 heavy (non-hydrogen) atoms. The van der Waals surface area contributed by atoms with Crippen molar-refractivity contribution >= 4 is 125 Å². The van der Waals surface area contributed by atoms with Crippen LogP contribution < -0.4 is 4.90 Å². The lowest BCUT2D eigenvalue weighted by molar-refractivity contribution is 0.620. The molecule has 4 aromatic heterocycles. The molecule has 284 valence electrons. The fourth-order valence-corrected chi connectivity index (χ4v) is 10.7. The third-order valence-electron chi connectivity index (χ3n) is 11.5. The SMILES string of the molecule is C.c1ccc2cc3cc(N(c4ccc(-c5nc6ccccc6s5)cc4)c4ccc5c(c4)oc4cc6c(cc45)sc4cc(-c5nc7ccccc7o5)ccc46)ccc3cc2c1. The fraction of sp³-hybridized carbons (Fsp3) is 0.0189. The highest BCUT2D eigenvalue weighted by Crippen LogP contribution is 2.44. The van der Waals surface area contributed by atoms with Crippen molar-refractivity contribution in [1.29, 1.82) is 0 Å². The average Bonchev–Trinajstić information content (AvgIpc) is 4.07. The first-order chi connectivity index (χ1) is 29.1. The van der Waals surface area contributed by atoms with Crippen LogP contribution in [0.2, 0.25) is 0 Å². The van der Waals surface area contributed by atoms with Crippen LogP contribution in [0, 0.1) is 0 Å². The van der Waals surface area contributed by atoms with Crippen LogP contribution in [0.3, 0.4) is 0 Å². The maximum Gasteiger partial charge on any atom is 0.227 e. The van der Waals surface area contributed by atoms with Crippen molar-refractivity contribution in [3.05, 3.63) is 176 Å². The minimum atomic E-state index is 0. The molecular weight excluding hydrogens is 775 g/mol. The molecule has 0 aliphatic carbocycles. The normalized spacial score (nSPS) is 11.9. The predicted octanol–water partition coefficient (Wildman–Crippen LogP) is 16.5. The molecule has 0 fully saturated rings. The Hall–Kier alpha value is -7.32. The summed E-state index contributed by atoms with van der Waals surface area (Å²) in [6.07, 6.45) is 0. The molecule has 13 aromatic rings. The topological polar surface area (TPSA) is 55.3 Å². The van der Waals surface area contributed by atoms with E-state index in [0.29, 0.717) is 5.89 Å². The molecule has 5 nitrogen and oxygen atoms in total. The van der Waals surface area contributed by atoms with Gasteiger partial charge in [0.05, 0.1) is 10.2 Å². The summed E-state index contributed by atoms with van der Waals surface area (Å²) >= 11 is 3.51. The quantitative estimate of drug-likeness (QED) is 0.162. The Bertz CT molecular complexity index is 3750. The summed E-state index contributed by atoms with van der Waals surface area (Å²) in [5.41, 5.74) is 9.61. The highest BCUT2D eigenvalue weighted by molar-refractivity contribution is 7.26. The van der Waals surface area contributed by atoms with Crippen LogP contribution in [-0.2, 0) is 0 Å². The number of benzene rings is 9. The number of rotatable bonds is 5. The third-order valence-corrected chi connectivity index (χ3v) is 13.7. The van der Waals surface area contributed by atoms with Crippen LogP contribution in [0.5, 0.6) is 0 Å². The van der Waals surface area contributed by atoms with Crippen LogP contribution in [0.4, 0.5) is 17.1 Å². The second-order valence-corrected chi connectivity index (χ2v) is 17.1. The van der Waals surface area contributed by atoms with Crippen molar-refractivity contribution in [2.45, 2.75) is 7.43 Å². The molecular formula is C53H33N3O2S2. The summed E-state index contributed by atoms with van der Waals surface area (Å²) < 4.78 is 16.4. The van der Waals surface area contributed by atoms with Gasteiger partial charge in [0.25, 0.3) is 0 Å². The van der Waals surface area contributed by atoms with E-state index in [0.717, 1.165) is 71.8 Å². The highest BCUT2D eigenvalue weighted by Gasteiger charge is 2.19. The Balaban J connectivity index is 0.00000388. The molecule has 0 unspecified atom stereocenters. The zero-order valence-electron chi connectivity index (χ0n) is 31.2. The van der Waals surface area contributed by atoms with E-state index < -0.39 is 0 Å². The number of thiazole rings is 1. The molecule has 0 aliphatic rings. The lowest BCUT2D eigenvalue weighted by atomic mass is 10.0. The number of thiophene rings is 1. The first-order valence-corrected chi connectivity index (χ1v) is 21.2. The molecule has 9 aromatic carbocycles. The van der Waals surface area contributed by atoms with Gasteiger partial charge >= 0.3 is 0 Å². The highest BCUT2D eigenvalue weighted by atomic mass is 32.1. The summed E-state index contributed by atoms with van der Waals surface area (Å²) in [5.74, 6) is 0.636. The van der Waals surface area contributed by atoms with Gasteiger partial charge in [0.1, 0.15) is 21.7 Å². The first-order valence-electron chi connectivity index (χ1n) is 19.5. The van der Waals surface area contributed by atoms with Crippen LogP contribution in [0.25, 0.3) is 107 Å². The van der Waals surface area contributed by atoms with E-state index in [9.17, 15) is 0 Å². The number of para-hydroxylation sites is 3. The smallest absolute Gasteiger partial charge is 0.227 e. The van der Waals surface area contributed by atoms with Gasteiger partial charge in [0.2, 0.25) is 5.89 Å². The van der Waals surface area contributed by atoms with Crippen molar-refractivity contribution in [3.63, 3.8) is 0 Å². The van der Waals surface area contributed by atoms with Crippen molar-refractivity contribution in [1.82, 2.24) is 9.97 Å². The van der Waals surface area contributed by atoms with Crippen LogP contribution in [0.15, 0.2) is 185 Å². The fourth-order valence-electron chi connectivity index (χ4n) is 8.56. The molecule has 0 atom stereocenters. The number of oxazole rings is 1. The van der Waals surface area contributed by atoms with Crippen molar-refractivity contribution in [2.24, 2.45) is 0 Å².